The molecule has 0 bridgehead atoms. The van der Waals surface area contributed by atoms with Crippen LogP contribution in [-0.2, 0) is 6.42 Å². The molecule has 2 unspecified atom stereocenters. The number of furan rings is 1. The lowest BCUT2D eigenvalue weighted by Gasteiger charge is -2.16. The predicted molar refractivity (Wildman–Crippen MR) is 133 cm³/mol. The van der Waals surface area contributed by atoms with E-state index in [0.29, 0.717) is 22.9 Å². The molecular weight excluding hydrogens is 436 g/mol. The van der Waals surface area contributed by atoms with E-state index < -0.39 is 0 Å². The first-order valence-electron chi connectivity index (χ1n) is 10.8. The van der Waals surface area contributed by atoms with Gasteiger partial charge in [0.05, 0.1) is 10.8 Å². The largest absolute Gasteiger partial charge is 0.464 e. The first kappa shape index (κ1) is 22.4. The van der Waals surface area contributed by atoms with Crippen molar-refractivity contribution in [1.82, 2.24) is 0 Å². The third-order valence-electron chi connectivity index (χ3n) is 5.61. The van der Waals surface area contributed by atoms with Gasteiger partial charge in [0.25, 0.3) is 0 Å². The van der Waals surface area contributed by atoms with Gasteiger partial charge < -0.3 is 4.42 Å². The van der Waals surface area contributed by atoms with Crippen molar-refractivity contribution in [3.63, 3.8) is 0 Å². The molecule has 0 aliphatic heterocycles. The molecule has 162 valence electrons. The third-order valence-corrected chi connectivity index (χ3v) is 7.15. The molecule has 0 aliphatic rings. The van der Waals surface area contributed by atoms with Gasteiger partial charge in [-0.2, -0.15) is 0 Å². The molecule has 0 N–H and O–H groups in total. The van der Waals surface area contributed by atoms with Crippen LogP contribution in [0.25, 0.3) is 0 Å². The molecule has 0 amide bonds. The predicted octanol–water partition coefficient (Wildman–Crippen LogP) is 8.36. The van der Waals surface area contributed by atoms with Crippen molar-refractivity contribution >= 4 is 29.6 Å². The quantitative estimate of drug-likeness (QED) is 0.185. The molecule has 0 saturated carbocycles. The molecule has 0 radical (unpaired) electrons. The smallest absolute Gasteiger partial charge is 0.153 e. The zero-order valence-electron chi connectivity index (χ0n) is 17.9. The van der Waals surface area contributed by atoms with E-state index in [2.05, 4.69) is 43.3 Å². The van der Waals surface area contributed by atoms with E-state index in [-0.39, 0.29) is 5.25 Å². The highest BCUT2D eigenvalue weighted by molar-refractivity contribution is 7.99. The van der Waals surface area contributed by atoms with Crippen molar-refractivity contribution in [2.45, 2.75) is 35.8 Å². The topological polar surface area (TPSA) is 30.2 Å². The number of halogens is 1. The fourth-order valence-electron chi connectivity index (χ4n) is 3.87. The Bertz CT molecular complexity index is 1140. The summed E-state index contributed by atoms with van der Waals surface area (Å²) in [4.78, 5) is 13.0. The summed E-state index contributed by atoms with van der Waals surface area (Å²) in [6.07, 6.45) is 2.58. The minimum Gasteiger partial charge on any atom is -0.464 e. The SMILES string of the molecule is CCC(Cc1oc(C(Sc2ccc(Cl)cc2)c2ccccc2)cc1C=O)c1ccccc1. The standard InChI is InChI=1S/C28H25ClO2S/c1-2-20(21-9-5-3-6-10-21)17-26-23(19-30)18-27(31-26)28(22-11-7-4-8-12-22)32-25-15-13-24(29)14-16-25/h3-16,18-20,28H,2,17H2,1H3. The number of aldehydes is 1. The van der Waals surface area contributed by atoms with Gasteiger partial charge in [-0.05, 0) is 53.8 Å². The lowest BCUT2D eigenvalue weighted by Crippen LogP contribution is -2.02. The molecule has 0 aliphatic carbocycles. The summed E-state index contributed by atoms with van der Waals surface area (Å²) in [5.74, 6) is 1.84. The Hall–Kier alpha value is -2.75. The summed E-state index contributed by atoms with van der Waals surface area (Å²) in [5.41, 5.74) is 3.02. The van der Waals surface area contributed by atoms with Crippen LogP contribution in [0.3, 0.4) is 0 Å². The monoisotopic (exact) mass is 460 g/mol. The van der Waals surface area contributed by atoms with Crippen molar-refractivity contribution in [3.05, 3.63) is 124 Å². The van der Waals surface area contributed by atoms with Crippen LogP contribution in [-0.4, -0.2) is 6.29 Å². The van der Waals surface area contributed by atoms with Crippen LogP contribution in [0.1, 0.15) is 57.5 Å². The zero-order valence-corrected chi connectivity index (χ0v) is 19.5. The average Bonchev–Trinajstić information content (AvgIpc) is 3.25. The minimum absolute atomic E-state index is 0.0679. The van der Waals surface area contributed by atoms with E-state index in [9.17, 15) is 4.79 Å². The van der Waals surface area contributed by atoms with Crippen molar-refractivity contribution in [1.29, 1.82) is 0 Å². The molecule has 1 heterocycles. The van der Waals surface area contributed by atoms with Crippen LogP contribution in [0.4, 0.5) is 0 Å². The van der Waals surface area contributed by atoms with Gasteiger partial charge in [0, 0.05) is 16.3 Å². The Morgan fingerprint density at radius 3 is 2.12 bits per heavy atom. The van der Waals surface area contributed by atoms with Crippen molar-refractivity contribution in [3.8, 4) is 0 Å². The first-order valence-corrected chi connectivity index (χ1v) is 12.0. The molecule has 4 rings (SSSR count). The molecule has 4 aromatic rings. The lowest BCUT2D eigenvalue weighted by molar-refractivity contribution is 0.112. The summed E-state index contributed by atoms with van der Waals surface area (Å²) >= 11 is 7.76. The molecule has 0 fully saturated rings. The Kier molecular flexibility index (Phi) is 7.51. The molecule has 1 aromatic heterocycles. The van der Waals surface area contributed by atoms with E-state index in [1.165, 1.54) is 5.56 Å². The van der Waals surface area contributed by atoms with Gasteiger partial charge in [-0.25, -0.2) is 0 Å². The molecule has 0 spiro atoms. The van der Waals surface area contributed by atoms with Crippen molar-refractivity contribution in [2.75, 3.05) is 0 Å². The van der Waals surface area contributed by atoms with Gasteiger partial charge in [0.1, 0.15) is 11.5 Å². The van der Waals surface area contributed by atoms with Gasteiger partial charge >= 0.3 is 0 Å². The highest BCUT2D eigenvalue weighted by Gasteiger charge is 2.24. The molecule has 4 heteroatoms. The second kappa shape index (κ2) is 10.7. The van der Waals surface area contributed by atoms with Crippen LogP contribution >= 0.6 is 23.4 Å². The minimum atomic E-state index is -0.0679. The number of benzene rings is 3. The highest BCUT2D eigenvalue weighted by Crippen LogP contribution is 2.42. The summed E-state index contributed by atoms with van der Waals surface area (Å²) in [7, 11) is 0. The van der Waals surface area contributed by atoms with Gasteiger partial charge in [0.2, 0.25) is 0 Å². The summed E-state index contributed by atoms with van der Waals surface area (Å²) in [6, 6.07) is 30.4. The van der Waals surface area contributed by atoms with Gasteiger partial charge in [0.15, 0.2) is 6.29 Å². The van der Waals surface area contributed by atoms with Crippen LogP contribution in [0.2, 0.25) is 5.02 Å². The van der Waals surface area contributed by atoms with Crippen molar-refractivity contribution in [2.24, 2.45) is 0 Å². The maximum absolute atomic E-state index is 11.9. The number of hydrogen-bond donors (Lipinski definition) is 0. The maximum Gasteiger partial charge on any atom is 0.153 e. The summed E-state index contributed by atoms with van der Waals surface area (Å²) in [6.45, 7) is 2.17. The van der Waals surface area contributed by atoms with E-state index >= 15 is 0 Å². The second-order valence-electron chi connectivity index (χ2n) is 7.73. The molecule has 2 nitrogen and oxygen atoms in total. The van der Waals surface area contributed by atoms with Gasteiger partial charge in [-0.3, -0.25) is 4.79 Å². The van der Waals surface area contributed by atoms with Gasteiger partial charge in [-0.15, -0.1) is 11.8 Å². The normalized spacial score (nSPS) is 12.9. The molecule has 3 aromatic carbocycles. The Balaban J connectivity index is 1.68. The van der Waals surface area contributed by atoms with Crippen LogP contribution < -0.4 is 0 Å². The van der Waals surface area contributed by atoms with Crippen LogP contribution in [0, 0.1) is 0 Å². The number of hydrogen-bond acceptors (Lipinski definition) is 3. The number of rotatable bonds is 9. The average molecular weight is 461 g/mol. The van der Waals surface area contributed by atoms with E-state index in [1.54, 1.807) is 11.8 Å². The Morgan fingerprint density at radius 2 is 1.53 bits per heavy atom. The molecule has 32 heavy (non-hydrogen) atoms. The fraction of sp³-hybridized carbons (Fsp3) is 0.179. The van der Waals surface area contributed by atoms with Gasteiger partial charge in [-0.1, -0.05) is 79.2 Å². The maximum atomic E-state index is 11.9. The molecule has 2 atom stereocenters. The van der Waals surface area contributed by atoms with Crippen LogP contribution in [0.5, 0.6) is 0 Å². The van der Waals surface area contributed by atoms with Crippen molar-refractivity contribution < 1.29 is 9.21 Å². The lowest BCUT2D eigenvalue weighted by atomic mass is 9.91. The van der Waals surface area contributed by atoms with E-state index in [4.69, 9.17) is 16.0 Å². The Labute approximate surface area is 198 Å². The number of thioether (sulfide) groups is 1. The van der Waals surface area contributed by atoms with E-state index in [0.717, 1.165) is 34.7 Å². The Morgan fingerprint density at radius 1 is 0.906 bits per heavy atom. The summed E-state index contributed by atoms with van der Waals surface area (Å²) < 4.78 is 6.39. The highest BCUT2D eigenvalue weighted by atomic mass is 35.5. The number of carbonyl (C=O) groups excluding carboxylic acids is 1. The molecular formula is C28H25ClO2S. The van der Waals surface area contributed by atoms with E-state index in [1.807, 2.05) is 54.6 Å². The second-order valence-corrected chi connectivity index (χ2v) is 9.34. The number of carbonyl (C=O) groups is 1. The van der Waals surface area contributed by atoms with Crippen LogP contribution in [0.15, 0.2) is 100 Å². The first-order chi connectivity index (χ1) is 15.7. The third kappa shape index (κ3) is 5.35. The summed E-state index contributed by atoms with van der Waals surface area (Å²) in [5, 5.41) is 0.641. The zero-order chi connectivity index (χ0) is 22.3. The fourth-order valence-corrected chi connectivity index (χ4v) is 5.08. The molecule has 0 saturated heterocycles.